The highest BCUT2D eigenvalue weighted by atomic mass is 32.2. The number of rotatable bonds is 2. The molecule has 1 unspecified atom stereocenters. The second kappa shape index (κ2) is 3.54. The lowest BCUT2D eigenvalue weighted by Gasteiger charge is -2.30. The van der Waals surface area contributed by atoms with Crippen molar-refractivity contribution in [3.8, 4) is 0 Å². The van der Waals surface area contributed by atoms with E-state index in [1.807, 2.05) is 12.4 Å². The largest absolute Gasteiger partial charge is 0.285 e. The van der Waals surface area contributed by atoms with E-state index in [2.05, 4.69) is 10.2 Å². The van der Waals surface area contributed by atoms with Gasteiger partial charge in [0.1, 0.15) is 0 Å². The minimum absolute atomic E-state index is 0.297. The molecule has 3 N–H and O–H groups in total. The number of hydrogen-bond acceptors (Lipinski definition) is 3. The van der Waals surface area contributed by atoms with Crippen LogP contribution in [0.2, 0.25) is 0 Å². The van der Waals surface area contributed by atoms with Crippen LogP contribution < -0.4 is 5.14 Å². The molecule has 7 heteroatoms. The van der Waals surface area contributed by atoms with Gasteiger partial charge in [-0.25, -0.2) is 5.14 Å². The first-order valence-corrected chi connectivity index (χ1v) is 7.28. The van der Waals surface area contributed by atoms with Gasteiger partial charge in [-0.15, -0.1) is 0 Å². The van der Waals surface area contributed by atoms with Gasteiger partial charge >= 0.3 is 0 Å². The lowest BCUT2D eigenvalue weighted by Crippen LogP contribution is -2.42. The summed E-state index contributed by atoms with van der Waals surface area (Å²) in [5.41, 5.74) is 1.54. The van der Waals surface area contributed by atoms with E-state index in [0.29, 0.717) is 24.4 Å². The molecule has 0 aromatic carbocycles. The van der Waals surface area contributed by atoms with Crippen LogP contribution in [0.4, 0.5) is 0 Å². The second-order valence-corrected chi connectivity index (χ2v) is 6.64. The van der Waals surface area contributed by atoms with Gasteiger partial charge in [0, 0.05) is 19.3 Å². The van der Waals surface area contributed by atoms with Crippen molar-refractivity contribution < 1.29 is 8.42 Å². The van der Waals surface area contributed by atoms with Crippen molar-refractivity contribution in [2.75, 3.05) is 13.1 Å². The maximum Gasteiger partial charge on any atom is 0.276 e. The number of H-pyrrole nitrogens is 1. The molecule has 0 amide bonds. The predicted octanol–water partition coefficient (Wildman–Crippen LogP) is 0.183. The molecule has 94 valence electrons. The fourth-order valence-corrected chi connectivity index (χ4v) is 3.70. The third-order valence-electron chi connectivity index (χ3n) is 4.19. The van der Waals surface area contributed by atoms with Gasteiger partial charge in [-0.1, -0.05) is 0 Å². The molecule has 2 fully saturated rings. The standard InChI is InChI=1S/C10H16N4O2S/c11-17(15,16)14-3-1-10(2-4-14)5-9(10)8-6-12-13-7-8/h6-7,9H,1-5H2,(H,12,13)(H2,11,15,16). The van der Waals surface area contributed by atoms with Crippen LogP contribution in [0.5, 0.6) is 0 Å². The molecule has 1 aromatic rings. The molecule has 3 rings (SSSR count). The molecule has 2 heterocycles. The monoisotopic (exact) mass is 256 g/mol. The highest BCUT2D eigenvalue weighted by Gasteiger charge is 2.56. The van der Waals surface area contributed by atoms with Crippen LogP contribution in [-0.4, -0.2) is 36.0 Å². The molecular weight excluding hydrogens is 240 g/mol. The number of aromatic amines is 1. The minimum Gasteiger partial charge on any atom is -0.285 e. The Bertz CT molecular complexity index is 502. The molecule has 1 atom stereocenters. The van der Waals surface area contributed by atoms with Gasteiger partial charge in [0.25, 0.3) is 10.2 Å². The van der Waals surface area contributed by atoms with Crippen LogP contribution in [0.25, 0.3) is 0 Å². The fourth-order valence-electron chi connectivity index (χ4n) is 3.01. The van der Waals surface area contributed by atoms with Crippen molar-refractivity contribution in [1.29, 1.82) is 0 Å². The van der Waals surface area contributed by atoms with E-state index in [-0.39, 0.29) is 0 Å². The normalized spacial score (nSPS) is 28.4. The quantitative estimate of drug-likeness (QED) is 0.790. The average Bonchev–Trinajstić information content (AvgIpc) is 2.76. The van der Waals surface area contributed by atoms with Crippen molar-refractivity contribution in [3.63, 3.8) is 0 Å². The molecule has 6 nitrogen and oxygen atoms in total. The lowest BCUT2D eigenvalue weighted by molar-refractivity contribution is 0.251. The lowest BCUT2D eigenvalue weighted by atomic mass is 9.90. The first-order chi connectivity index (χ1) is 8.01. The van der Waals surface area contributed by atoms with Gasteiger partial charge in [-0.3, -0.25) is 5.10 Å². The predicted molar refractivity (Wildman–Crippen MR) is 62.3 cm³/mol. The third kappa shape index (κ3) is 1.88. The van der Waals surface area contributed by atoms with Crippen LogP contribution in [0.1, 0.15) is 30.7 Å². The summed E-state index contributed by atoms with van der Waals surface area (Å²) in [4.78, 5) is 0. The van der Waals surface area contributed by atoms with E-state index in [9.17, 15) is 8.42 Å². The Kier molecular flexibility index (Phi) is 2.33. The number of hydrogen-bond donors (Lipinski definition) is 2. The third-order valence-corrected chi connectivity index (χ3v) is 5.27. The van der Waals surface area contributed by atoms with E-state index in [4.69, 9.17) is 5.14 Å². The zero-order valence-electron chi connectivity index (χ0n) is 9.46. The summed E-state index contributed by atoms with van der Waals surface area (Å²) in [6, 6.07) is 0. The molecule has 2 aliphatic rings. The summed E-state index contributed by atoms with van der Waals surface area (Å²) >= 11 is 0. The van der Waals surface area contributed by atoms with Crippen LogP contribution >= 0.6 is 0 Å². The molecule has 1 saturated heterocycles. The van der Waals surface area contributed by atoms with Crippen molar-refractivity contribution in [3.05, 3.63) is 18.0 Å². The molecule has 0 radical (unpaired) electrons. The smallest absolute Gasteiger partial charge is 0.276 e. The topological polar surface area (TPSA) is 92.1 Å². The number of nitrogens with zero attached hydrogens (tertiary/aromatic N) is 2. The van der Waals surface area contributed by atoms with Gasteiger partial charge in [0.15, 0.2) is 0 Å². The van der Waals surface area contributed by atoms with Crippen molar-refractivity contribution >= 4 is 10.2 Å². The molecule has 0 bridgehead atoms. The Morgan fingerprint density at radius 2 is 2.18 bits per heavy atom. The molecule has 1 aromatic heterocycles. The van der Waals surface area contributed by atoms with Crippen LogP contribution in [0, 0.1) is 5.41 Å². The van der Waals surface area contributed by atoms with E-state index >= 15 is 0 Å². The van der Waals surface area contributed by atoms with Gasteiger partial charge < -0.3 is 0 Å². The Morgan fingerprint density at radius 1 is 1.47 bits per heavy atom. The Balaban J connectivity index is 1.68. The Hall–Kier alpha value is -0.920. The highest BCUT2D eigenvalue weighted by molar-refractivity contribution is 7.86. The first-order valence-electron chi connectivity index (χ1n) is 5.78. The summed E-state index contributed by atoms with van der Waals surface area (Å²) in [7, 11) is -3.50. The number of nitrogens with two attached hydrogens (primary N) is 1. The maximum absolute atomic E-state index is 11.2. The number of aromatic nitrogens is 2. The van der Waals surface area contributed by atoms with Gasteiger partial charge in [0.2, 0.25) is 0 Å². The Labute approximate surface area is 100 Å². The summed E-state index contributed by atoms with van der Waals surface area (Å²) in [5, 5.41) is 11.9. The van der Waals surface area contributed by atoms with Crippen LogP contribution in [0.15, 0.2) is 12.4 Å². The van der Waals surface area contributed by atoms with Gasteiger partial charge in [-0.05, 0) is 36.2 Å². The van der Waals surface area contributed by atoms with E-state index in [1.54, 1.807) is 0 Å². The second-order valence-electron chi connectivity index (χ2n) is 5.09. The van der Waals surface area contributed by atoms with E-state index < -0.39 is 10.2 Å². The zero-order chi connectivity index (χ0) is 12.1. The first kappa shape index (κ1) is 11.2. The minimum atomic E-state index is -3.50. The van der Waals surface area contributed by atoms with Crippen molar-refractivity contribution in [2.24, 2.45) is 10.6 Å². The van der Waals surface area contributed by atoms with Crippen LogP contribution in [-0.2, 0) is 10.2 Å². The number of nitrogens with one attached hydrogen (secondary N) is 1. The van der Waals surface area contributed by atoms with Crippen molar-refractivity contribution in [1.82, 2.24) is 14.5 Å². The van der Waals surface area contributed by atoms with Gasteiger partial charge in [0.05, 0.1) is 6.20 Å². The summed E-state index contributed by atoms with van der Waals surface area (Å²) in [6.07, 6.45) is 6.75. The van der Waals surface area contributed by atoms with Crippen LogP contribution in [0.3, 0.4) is 0 Å². The fraction of sp³-hybridized carbons (Fsp3) is 0.700. The number of piperidine rings is 1. The molecular formula is C10H16N4O2S. The Morgan fingerprint density at radius 3 is 2.71 bits per heavy atom. The van der Waals surface area contributed by atoms with E-state index in [0.717, 1.165) is 19.3 Å². The molecule has 17 heavy (non-hydrogen) atoms. The molecule has 1 aliphatic heterocycles. The molecule has 1 aliphatic carbocycles. The van der Waals surface area contributed by atoms with E-state index in [1.165, 1.54) is 9.87 Å². The van der Waals surface area contributed by atoms with Crippen molar-refractivity contribution in [2.45, 2.75) is 25.2 Å². The molecule has 1 saturated carbocycles. The summed E-state index contributed by atoms with van der Waals surface area (Å²) in [6.45, 7) is 1.10. The summed E-state index contributed by atoms with van der Waals surface area (Å²) < 4.78 is 23.8. The zero-order valence-corrected chi connectivity index (χ0v) is 10.3. The highest BCUT2D eigenvalue weighted by Crippen LogP contribution is 2.64. The SMILES string of the molecule is NS(=O)(=O)N1CCC2(CC1)CC2c1cn[nH]c1. The molecule has 1 spiro atoms. The summed E-state index contributed by atoms with van der Waals surface area (Å²) in [5.74, 6) is 0.545. The maximum atomic E-state index is 11.2. The average molecular weight is 256 g/mol. The van der Waals surface area contributed by atoms with Gasteiger partial charge in [-0.2, -0.15) is 17.8 Å².